The second-order valence-electron chi connectivity index (χ2n) is 11.3. The summed E-state index contributed by atoms with van der Waals surface area (Å²) >= 11 is 0. The molecule has 11 heteroatoms. The average molecular weight is 589 g/mol. The molecule has 0 aromatic heterocycles. The number of rotatable bonds is 11. The highest BCUT2D eigenvalue weighted by atomic mass is 32.2. The third-order valence-electron chi connectivity index (χ3n) is 7.38. The fraction of sp³-hybridized carbons (Fsp3) is 0.533. The zero-order valence-electron chi connectivity index (χ0n) is 25.0. The van der Waals surface area contributed by atoms with Gasteiger partial charge in [0.1, 0.15) is 11.9 Å². The van der Waals surface area contributed by atoms with Crippen LogP contribution in [0.5, 0.6) is 5.75 Å². The minimum Gasteiger partial charge on any atom is -0.488 e. The predicted molar refractivity (Wildman–Crippen MR) is 159 cm³/mol. The van der Waals surface area contributed by atoms with E-state index in [1.807, 2.05) is 32.8 Å². The molecular formula is C30H44N4O6S. The van der Waals surface area contributed by atoms with Gasteiger partial charge in [-0.3, -0.25) is 9.59 Å². The van der Waals surface area contributed by atoms with Crippen molar-refractivity contribution >= 4 is 27.5 Å². The largest absolute Gasteiger partial charge is 0.488 e. The van der Waals surface area contributed by atoms with Crippen LogP contribution in [0.4, 0.5) is 5.69 Å². The molecule has 2 aromatic rings. The first-order valence-corrected chi connectivity index (χ1v) is 15.4. The van der Waals surface area contributed by atoms with Gasteiger partial charge in [-0.1, -0.05) is 24.6 Å². The van der Waals surface area contributed by atoms with Crippen molar-refractivity contribution in [2.75, 3.05) is 52.7 Å². The summed E-state index contributed by atoms with van der Waals surface area (Å²) < 4.78 is 34.4. The van der Waals surface area contributed by atoms with E-state index in [0.29, 0.717) is 23.4 Å². The summed E-state index contributed by atoms with van der Waals surface area (Å²) in [5.74, 6) is -0.0999. The van der Waals surface area contributed by atoms with Crippen LogP contribution in [0.2, 0.25) is 0 Å². The Hall–Kier alpha value is -2.99. The molecule has 1 heterocycles. The van der Waals surface area contributed by atoms with Crippen LogP contribution in [0.25, 0.3) is 0 Å². The van der Waals surface area contributed by atoms with E-state index in [4.69, 9.17) is 4.74 Å². The van der Waals surface area contributed by atoms with E-state index in [0.717, 1.165) is 18.5 Å². The van der Waals surface area contributed by atoms with Crippen molar-refractivity contribution in [3.63, 3.8) is 0 Å². The number of nitrogens with zero attached hydrogens (tertiary/aromatic N) is 3. The summed E-state index contributed by atoms with van der Waals surface area (Å²) in [7, 11) is 1.65. The van der Waals surface area contributed by atoms with Crippen LogP contribution in [0.3, 0.4) is 0 Å². The Bertz CT molecular complexity index is 1300. The molecule has 2 amide bonds. The number of amides is 2. The number of aliphatic hydroxyl groups is 1. The zero-order chi connectivity index (χ0) is 30.3. The highest BCUT2D eigenvalue weighted by Crippen LogP contribution is 2.30. The topological polar surface area (TPSA) is 119 Å². The quantitative estimate of drug-likeness (QED) is 0.414. The molecule has 3 atom stereocenters. The molecule has 0 spiro atoms. The maximum Gasteiger partial charge on any atom is 0.242 e. The molecule has 226 valence electrons. The molecule has 3 rings (SSSR count). The van der Waals surface area contributed by atoms with Crippen molar-refractivity contribution in [1.29, 1.82) is 0 Å². The molecule has 0 aliphatic carbocycles. The van der Waals surface area contributed by atoms with Gasteiger partial charge in [0, 0.05) is 37.2 Å². The van der Waals surface area contributed by atoms with Gasteiger partial charge in [-0.2, -0.15) is 4.31 Å². The number of anilines is 1. The van der Waals surface area contributed by atoms with Crippen molar-refractivity contribution in [3.8, 4) is 5.75 Å². The van der Waals surface area contributed by atoms with Crippen molar-refractivity contribution in [1.82, 2.24) is 14.1 Å². The van der Waals surface area contributed by atoms with Crippen LogP contribution >= 0.6 is 0 Å². The standard InChI is InChI=1S/C30H44N4O6S/c1-21-9-12-26(13-10-21)41(38,39)33(6)19-28-22(2)18-34(23(3)20-35)30(37)17-24-16-25(11-14-27(24)40-28)31-29(36)8-7-15-32(4)5/h9-14,16,22-23,28,35H,7-8,15,17-20H2,1-6H3,(H,31,36)/t22-,23-,28-/m1/s1. The SMILES string of the molecule is Cc1ccc(S(=O)(=O)N(C)C[C@H]2Oc3ccc(NC(=O)CCCN(C)C)cc3CC(=O)N([C@H](C)CO)C[C@H]2C)cc1. The van der Waals surface area contributed by atoms with E-state index in [-0.39, 0.29) is 48.7 Å². The summed E-state index contributed by atoms with van der Waals surface area (Å²) in [5, 5.41) is 12.8. The van der Waals surface area contributed by atoms with Gasteiger partial charge in [0.15, 0.2) is 0 Å². The molecule has 10 nitrogen and oxygen atoms in total. The highest BCUT2D eigenvalue weighted by Gasteiger charge is 2.33. The van der Waals surface area contributed by atoms with Crippen molar-refractivity contribution in [3.05, 3.63) is 53.6 Å². The van der Waals surface area contributed by atoms with Crippen molar-refractivity contribution in [2.24, 2.45) is 5.92 Å². The number of sulfonamides is 1. The molecule has 0 unspecified atom stereocenters. The molecule has 1 aliphatic heterocycles. The molecule has 0 bridgehead atoms. The number of benzene rings is 2. The first-order chi connectivity index (χ1) is 19.3. The van der Waals surface area contributed by atoms with E-state index >= 15 is 0 Å². The van der Waals surface area contributed by atoms with Crippen LogP contribution in [0, 0.1) is 12.8 Å². The molecule has 0 radical (unpaired) electrons. The minimum absolute atomic E-state index is 0.0148. The lowest BCUT2D eigenvalue weighted by Gasteiger charge is -2.33. The monoisotopic (exact) mass is 588 g/mol. The van der Waals surface area contributed by atoms with Gasteiger partial charge in [0.2, 0.25) is 21.8 Å². The second-order valence-corrected chi connectivity index (χ2v) is 13.3. The Labute approximate surface area is 244 Å². The molecule has 0 fully saturated rings. The van der Waals surface area contributed by atoms with Crippen LogP contribution in [0.1, 0.15) is 37.8 Å². The molecule has 1 aliphatic rings. The number of hydrogen-bond donors (Lipinski definition) is 2. The molecule has 41 heavy (non-hydrogen) atoms. The van der Waals surface area contributed by atoms with E-state index in [9.17, 15) is 23.1 Å². The third kappa shape index (κ3) is 8.75. The smallest absolute Gasteiger partial charge is 0.242 e. The first kappa shape index (κ1) is 32.5. The van der Waals surface area contributed by atoms with Crippen molar-refractivity contribution in [2.45, 2.75) is 57.1 Å². The number of carbonyl (C=O) groups excluding carboxylic acids is 2. The van der Waals surface area contributed by atoms with E-state index in [1.165, 1.54) is 11.4 Å². The van der Waals surface area contributed by atoms with Crippen molar-refractivity contribution < 1.29 is 27.9 Å². The zero-order valence-corrected chi connectivity index (χ0v) is 25.8. The Balaban J connectivity index is 1.90. The summed E-state index contributed by atoms with van der Waals surface area (Å²) in [4.78, 5) is 29.8. The van der Waals surface area contributed by atoms with Gasteiger partial charge in [0.05, 0.1) is 30.5 Å². The molecule has 2 N–H and O–H groups in total. The van der Waals surface area contributed by atoms with Gasteiger partial charge in [-0.25, -0.2) is 8.42 Å². The molecule has 0 saturated heterocycles. The lowest BCUT2D eigenvalue weighted by molar-refractivity contribution is -0.134. The summed E-state index contributed by atoms with van der Waals surface area (Å²) in [6.45, 7) is 6.51. The van der Waals surface area contributed by atoms with Crippen LogP contribution in [0.15, 0.2) is 47.4 Å². The highest BCUT2D eigenvalue weighted by molar-refractivity contribution is 7.89. The Morgan fingerprint density at radius 3 is 2.49 bits per heavy atom. The minimum atomic E-state index is -3.78. The van der Waals surface area contributed by atoms with E-state index < -0.39 is 22.2 Å². The number of carbonyl (C=O) groups is 2. The molecule has 0 saturated carbocycles. The van der Waals surface area contributed by atoms with E-state index in [1.54, 1.807) is 54.3 Å². The van der Waals surface area contributed by atoms with Gasteiger partial charge in [-0.15, -0.1) is 0 Å². The summed E-state index contributed by atoms with van der Waals surface area (Å²) in [6, 6.07) is 11.4. The fourth-order valence-corrected chi connectivity index (χ4v) is 5.93. The number of aliphatic hydroxyl groups excluding tert-OH is 1. The van der Waals surface area contributed by atoms with Crippen LogP contribution < -0.4 is 10.1 Å². The van der Waals surface area contributed by atoms with Crippen LogP contribution in [-0.4, -0.2) is 99.0 Å². The Kier molecular flexibility index (Phi) is 11.3. The first-order valence-electron chi connectivity index (χ1n) is 14.0. The summed E-state index contributed by atoms with van der Waals surface area (Å²) in [6.07, 6.45) is 0.511. The number of nitrogens with one attached hydrogen (secondary N) is 1. The summed E-state index contributed by atoms with van der Waals surface area (Å²) in [5.41, 5.74) is 2.10. The fourth-order valence-electron chi connectivity index (χ4n) is 4.75. The Morgan fingerprint density at radius 1 is 1.17 bits per heavy atom. The predicted octanol–water partition coefficient (Wildman–Crippen LogP) is 2.75. The number of ether oxygens (including phenoxy) is 1. The number of fused-ring (bicyclic) bond motifs is 1. The molecule has 2 aromatic carbocycles. The van der Waals surface area contributed by atoms with E-state index in [2.05, 4.69) is 5.32 Å². The maximum absolute atomic E-state index is 13.4. The lowest BCUT2D eigenvalue weighted by Crippen LogP contribution is -2.48. The van der Waals surface area contributed by atoms with Gasteiger partial charge < -0.3 is 25.0 Å². The maximum atomic E-state index is 13.4. The second kappa shape index (κ2) is 14.3. The Morgan fingerprint density at radius 2 is 1.85 bits per heavy atom. The number of aryl methyl sites for hydroxylation is 1. The average Bonchev–Trinajstić information content (AvgIpc) is 2.95. The lowest BCUT2D eigenvalue weighted by atomic mass is 10.0. The number of hydrogen-bond acceptors (Lipinski definition) is 7. The van der Waals surface area contributed by atoms with Gasteiger partial charge >= 0.3 is 0 Å². The normalized spacial score (nSPS) is 18.8. The number of likely N-dealkylation sites (N-methyl/N-ethyl adjacent to an activating group) is 1. The molecular weight excluding hydrogens is 544 g/mol. The van der Waals surface area contributed by atoms with Crippen LogP contribution in [-0.2, 0) is 26.0 Å². The van der Waals surface area contributed by atoms with Gasteiger partial charge in [-0.05, 0) is 71.2 Å². The third-order valence-corrected chi connectivity index (χ3v) is 9.21. The van der Waals surface area contributed by atoms with Gasteiger partial charge in [0.25, 0.3) is 0 Å².